The van der Waals surface area contributed by atoms with E-state index in [1.165, 1.54) is 11.3 Å². The molecule has 0 aliphatic heterocycles. The van der Waals surface area contributed by atoms with Crippen molar-refractivity contribution in [3.05, 3.63) is 46.0 Å². The van der Waals surface area contributed by atoms with E-state index in [1.807, 2.05) is 16.7 Å². The second kappa shape index (κ2) is 5.79. The van der Waals surface area contributed by atoms with Crippen LogP contribution in [-0.2, 0) is 13.6 Å². The molecule has 1 amide bonds. The Balaban J connectivity index is 2.17. The van der Waals surface area contributed by atoms with E-state index in [0.29, 0.717) is 22.1 Å². The maximum absolute atomic E-state index is 12.2. The zero-order chi connectivity index (χ0) is 15.7. The number of rotatable bonds is 2. The van der Waals surface area contributed by atoms with E-state index in [0.717, 1.165) is 10.2 Å². The standard InChI is InChI=1S/C15H11ClN4OS/c1-3-7-20-12-5-4-10(16)9-13(12)22-15(20)17-14(21)11-6-8-19(2)18-11/h1,4-6,8-9H,7H2,2H3. The highest BCUT2D eigenvalue weighted by Crippen LogP contribution is 2.21. The Labute approximate surface area is 135 Å². The number of hydrogen-bond acceptors (Lipinski definition) is 3. The number of carbonyl (C=O) groups excluding carboxylic acids is 1. The summed E-state index contributed by atoms with van der Waals surface area (Å²) in [7, 11) is 1.75. The SMILES string of the molecule is C#CCn1c(=NC(=O)c2ccn(C)n2)sc2cc(Cl)ccc21. The van der Waals surface area contributed by atoms with Crippen molar-refractivity contribution in [1.82, 2.24) is 14.3 Å². The van der Waals surface area contributed by atoms with Gasteiger partial charge in [-0.2, -0.15) is 10.1 Å². The third-order valence-corrected chi connectivity index (χ3v) is 4.30. The number of nitrogens with zero attached hydrogens (tertiary/aromatic N) is 4. The van der Waals surface area contributed by atoms with Crippen molar-refractivity contribution < 1.29 is 4.79 Å². The van der Waals surface area contributed by atoms with Crippen LogP contribution in [0, 0.1) is 12.3 Å². The molecule has 5 nitrogen and oxygen atoms in total. The van der Waals surface area contributed by atoms with Gasteiger partial charge in [0.25, 0.3) is 5.91 Å². The number of terminal acetylenes is 1. The van der Waals surface area contributed by atoms with Gasteiger partial charge in [-0.1, -0.05) is 28.9 Å². The van der Waals surface area contributed by atoms with Gasteiger partial charge in [0.1, 0.15) is 0 Å². The zero-order valence-corrected chi connectivity index (χ0v) is 13.2. The van der Waals surface area contributed by atoms with E-state index in [4.69, 9.17) is 18.0 Å². The first-order chi connectivity index (χ1) is 10.6. The average Bonchev–Trinajstić information content (AvgIpc) is 3.04. The third kappa shape index (κ3) is 2.69. The van der Waals surface area contributed by atoms with Gasteiger partial charge in [-0.25, -0.2) is 0 Å². The Hall–Kier alpha value is -2.36. The Morgan fingerprint density at radius 3 is 3.00 bits per heavy atom. The predicted molar refractivity (Wildman–Crippen MR) is 86.8 cm³/mol. The minimum atomic E-state index is -0.399. The molecule has 0 aliphatic rings. The van der Waals surface area contributed by atoms with Crippen LogP contribution in [0.1, 0.15) is 10.5 Å². The molecule has 110 valence electrons. The molecule has 0 saturated heterocycles. The number of aryl methyl sites for hydroxylation is 1. The molecule has 0 N–H and O–H groups in total. The van der Waals surface area contributed by atoms with Crippen molar-refractivity contribution in [1.29, 1.82) is 0 Å². The van der Waals surface area contributed by atoms with Crippen LogP contribution in [0.4, 0.5) is 0 Å². The van der Waals surface area contributed by atoms with Gasteiger partial charge >= 0.3 is 0 Å². The van der Waals surface area contributed by atoms with E-state index in [9.17, 15) is 4.79 Å². The number of thiazole rings is 1. The van der Waals surface area contributed by atoms with Crippen LogP contribution in [0.15, 0.2) is 35.5 Å². The Morgan fingerprint density at radius 1 is 1.50 bits per heavy atom. The third-order valence-electron chi connectivity index (χ3n) is 3.02. The number of fused-ring (bicyclic) bond motifs is 1. The molecule has 3 rings (SSSR count). The minimum Gasteiger partial charge on any atom is -0.305 e. The quantitative estimate of drug-likeness (QED) is 0.678. The smallest absolute Gasteiger partial charge is 0.300 e. The van der Waals surface area contributed by atoms with E-state index >= 15 is 0 Å². The average molecular weight is 331 g/mol. The largest absolute Gasteiger partial charge is 0.305 e. The highest BCUT2D eigenvalue weighted by Gasteiger charge is 2.11. The van der Waals surface area contributed by atoms with Gasteiger partial charge in [-0.05, 0) is 24.3 Å². The van der Waals surface area contributed by atoms with E-state index in [1.54, 1.807) is 30.1 Å². The molecule has 0 radical (unpaired) electrons. The second-order valence-corrected chi connectivity index (χ2v) is 6.02. The van der Waals surface area contributed by atoms with Crippen LogP contribution in [-0.4, -0.2) is 20.3 Å². The summed E-state index contributed by atoms with van der Waals surface area (Å²) in [5, 5.41) is 4.69. The molecule has 0 aliphatic carbocycles. The highest BCUT2D eigenvalue weighted by molar-refractivity contribution is 7.16. The van der Waals surface area contributed by atoms with Gasteiger partial charge in [0.2, 0.25) is 0 Å². The summed E-state index contributed by atoms with van der Waals surface area (Å²) in [4.78, 5) is 16.9. The molecule has 0 saturated carbocycles. The molecule has 1 aromatic carbocycles. The number of carbonyl (C=O) groups is 1. The van der Waals surface area contributed by atoms with E-state index in [-0.39, 0.29) is 0 Å². The molecule has 7 heteroatoms. The maximum Gasteiger partial charge on any atom is 0.300 e. The molecular formula is C15H11ClN4OS. The molecule has 0 atom stereocenters. The second-order valence-electron chi connectivity index (χ2n) is 4.58. The lowest BCUT2D eigenvalue weighted by Gasteiger charge is -1.99. The molecule has 2 aromatic heterocycles. The Bertz CT molecular complexity index is 973. The fraction of sp³-hybridized carbons (Fsp3) is 0.133. The summed E-state index contributed by atoms with van der Waals surface area (Å²) in [5.74, 6) is 2.18. The fourth-order valence-electron chi connectivity index (χ4n) is 2.05. The first-order valence-electron chi connectivity index (χ1n) is 6.39. The van der Waals surface area contributed by atoms with Gasteiger partial charge < -0.3 is 4.57 Å². The van der Waals surface area contributed by atoms with Crippen molar-refractivity contribution in [2.75, 3.05) is 0 Å². The van der Waals surface area contributed by atoms with Crippen molar-refractivity contribution in [2.45, 2.75) is 6.54 Å². The normalized spacial score (nSPS) is 11.8. The van der Waals surface area contributed by atoms with Gasteiger partial charge in [-0.3, -0.25) is 9.48 Å². The van der Waals surface area contributed by atoms with Crippen molar-refractivity contribution in [3.8, 4) is 12.3 Å². The Morgan fingerprint density at radius 2 is 2.32 bits per heavy atom. The molecule has 2 heterocycles. The summed E-state index contributed by atoms with van der Waals surface area (Å²) < 4.78 is 4.30. The number of halogens is 1. The Kier molecular flexibility index (Phi) is 3.84. The maximum atomic E-state index is 12.2. The summed E-state index contributed by atoms with van der Waals surface area (Å²) in [6, 6.07) is 7.12. The van der Waals surface area contributed by atoms with Crippen molar-refractivity contribution >= 4 is 39.1 Å². The van der Waals surface area contributed by atoms with Crippen LogP contribution in [0.2, 0.25) is 5.02 Å². The van der Waals surface area contributed by atoms with Crippen LogP contribution < -0.4 is 4.80 Å². The molecule has 0 fully saturated rings. The molecule has 0 bridgehead atoms. The number of amides is 1. The molecular weight excluding hydrogens is 320 g/mol. The van der Waals surface area contributed by atoms with Crippen molar-refractivity contribution in [3.63, 3.8) is 0 Å². The number of aromatic nitrogens is 3. The van der Waals surface area contributed by atoms with Gasteiger partial charge in [0, 0.05) is 18.3 Å². The van der Waals surface area contributed by atoms with Gasteiger partial charge in [0.15, 0.2) is 10.5 Å². The fourth-order valence-corrected chi connectivity index (χ4v) is 3.35. The monoisotopic (exact) mass is 330 g/mol. The minimum absolute atomic E-state index is 0.297. The van der Waals surface area contributed by atoms with Crippen LogP contribution >= 0.6 is 22.9 Å². The topological polar surface area (TPSA) is 52.2 Å². The molecule has 22 heavy (non-hydrogen) atoms. The molecule has 0 unspecified atom stereocenters. The predicted octanol–water partition coefficient (Wildman–Crippen LogP) is 2.46. The lowest BCUT2D eigenvalue weighted by atomic mass is 10.3. The van der Waals surface area contributed by atoms with Crippen LogP contribution in [0.25, 0.3) is 10.2 Å². The first-order valence-corrected chi connectivity index (χ1v) is 7.59. The van der Waals surface area contributed by atoms with Crippen LogP contribution in [0.5, 0.6) is 0 Å². The van der Waals surface area contributed by atoms with Crippen LogP contribution in [0.3, 0.4) is 0 Å². The summed E-state index contributed by atoms with van der Waals surface area (Å²) in [5.41, 5.74) is 1.20. The van der Waals surface area contributed by atoms with E-state index in [2.05, 4.69) is 16.0 Å². The molecule has 3 aromatic rings. The van der Waals surface area contributed by atoms with Gasteiger partial charge in [-0.15, -0.1) is 6.42 Å². The number of benzene rings is 1. The zero-order valence-electron chi connectivity index (χ0n) is 11.7. The first kappa shape index (κ1) is 14.6. The highest BCUT2D eigenvalue weighted by atomic mass is 35.5. The molecule has 0 spiro atoms. The van der Waals surface area contributed by atoms with Crippen molar-refractivity contribution in [2.24, 2.45) is 12.0 Å². The lowest BCUT2D eigenvalue weighted by molar-refractivity contribution is 0.0992. The summed E-state index contributed by atoms with van der Waals surface area (Å²) >= 11 is 7.38. The van der Waals surface area contributed by atoms with Gasteiger partial charge in [0.05, 0.1) is 16.8 Å². The van der Waals surface area contributed by atoms with E-state index < -0.39 is 5.91 Å². The summed E-state index contributed by atoms with van der Waals surface area (Å²) in [6.45, 7) is 0.329. The number of hydrogen-bond donors (Lipinski definition) is 0. The summed E-state index contributed by atoms with van der Waals surface area (Å²) in [6.07, 6.45) is 7.12. The lowest BCUT2D eigenvalue weighted by Crippen LogP contribution is -2.16.